The van der Waals surface area contributed by atoms with Crippen LogP contribution in [0.15, 0.2) is 36.4 Å². The van der Waals surface area contributed by atoms with Crippen LogP contribution in [0.5, 0.6) is 0 Å². The van der Waals surface area contributed by atoms with E-state index in [4.69, 9.17) is 26.0 Å². The Morgan fingerprint density at radius 2 is 1.41 bits per heavy atom. The predicted octanol–water partition coefficient (Wildman–Crippen LogP) is 3.40. The molecule has 7 heteroatoms. The number of terminal acetylenes is 1. The van der Waals surface area contributed by atoms with Crippen LogP contribution in [0.3, 0.4) is 0 Å². The number of fused-ring (bicyclic) bond motifs is 1. The molecule has 0 radical (unpaired) electrons. The second-order valence-electron chi connectivity index (χ2n) is 6.20. The number of imide groups is 1. The second kappa shape index (κ2) is 9.45. The number of carbonyl (C=O) groups is 2. The van der Waals surface area contributed by atoms with Gasteiger partial charge in [0.15, 0.2) is 0 Å². The molecule has 0 fully saturated rings. The summed E-state index contributed by atoms with van der Waals surface area (Å²) >= 11 is 0. The van der Waals surface area contributed by atoms with E-state index in [9.17, 15) is 9.59 Å². The van der Waals surface area contributed by atoms with Gasteiger partial charge in [0.05, 0.1) is 30.0 Å². The molecule has 29 heavy (non-hydrogen) atoms. The van der Waals surface area contributed by atoms with Crippen molar-refractivity contribution in [3.8, 4) is 12.3 Å². The summed E-state index contributed by atoms with van der Waals surface area (Å²) in [7, 11) is 0. The molecule has 2 aromatic carbocycles. The van der Waals surface area contributed by atoms with Crippen LogP contribution in [-0.2, 0) is 32.8 Å². The van der Waals surface area contributed by atoms with Gasteiger partial charge < -0.3 is 0 Å². The Kier molecular flexibility index (Phi) is 6.75. The lowest BCUT2D eigenvalue weighted by atomic mass is 10.1. The SMILES string of the molecule is C#Cc1ccc2c(c1)C(=O)N(c1cc(COOCC)cc(COOCC)c1)C2=O. The van der Waals surface area contributed by atoms with Crippen LogP contribution in [0.1, 0.15) is 51.3 Å². The van der Waals surface area contributed by atoms with Crippen molar-refractivity contribution < 1.29 is 29.1 Å². The van der Waals surface area contributed by atoms with Crippen molar-refractivity contribution in [2.45, 2.75) is 27.1 Å². The van der Waals surface area contributed by atoms with Crippen molar-refractivity contribution in [3.63, 3.8) is 0 Å². The summed E-state index contributed by atoms with van der Waals surface area (Å²) in [6, 6.07) is 10.00. The first-order chi connectivity index (χ1) is 14.1. The molecule has 0 N–H and O–H groups in total. The Balaban J connectivity index is 1.94. The normalized spacial score (nSPS) is 12.9. The van der Waals surface area contributed by atoms with Gasteiger partial charge in [-0.15, -0.1) is 6.42 Å². The highest BCUT2D eigenvalue weighted by Gasteiger charge is 2.37. The number of benzene rings is 2. The first kappa shape index (κ1) is 20.7. The lowest BCUT2D eigenvalue weighted by molar-refractivity contribution is -0.301. The smallest absolute Gasteiger partial charge is 0.266 e. The standard InChI is InChI=1S/C22H21NO6/c1-4-15-7-8-19-20(12-15)22(25)23(21(19)24)18-10-16(13-28-26-5-2)9-17(11-18)14-29-27-6-3/h1,7-12H,5-6,13-14H2,2-3H3. The summed E-state index contributed by atoms with van der Waals surface area (Å²) in [6.07, 6.45) is 5.41. The van der Waals surface area contributed by atoms with Gasteiger partial charge in [0, 0.05) is 5.56 Å². The minimum absolute atomic E-state index is 0.147. The maximum atomic E-state index is 12.9. The van der Waals surface area contributed by atoms with E-state index in [1.807, 2.05) is 6.07 Å². The summed E-state index contributed by atoms with van der Waals surface area (Å²) in [5.41, 5.74) is 2.98. The van der Waals surface area contributed by atoms with Gasteiger partial charge in [-0.1, -0.05) is 12.0 Å². The molecule has 0 spiro atoms. The lowest BCUT2D eigenvalue weighted by Gasteiger charge is -2.17. The number of anilines is 1. The molecule has 1 heterocycles. The first-order valence-electron chi connectivity index (χ1n) is 9.20. The van der Waals surface area contributed by atoms with Crippen LogP contribution in [0.4, 0.5) is 5.69 Å². The van der Waals surface area contributed by atoms with Crippen molar-refractivity contribution in [2.75, 3.05) is 18.1 Å². The molecule has 2 aromatic rings. The first-order valence-corrected chi connectivity index (χ1v) is 9.20. The molecule has 0 aliphatic carbocycles. The molecule has 0 saturated heterocycles. The molecule has 1 aliphatic heterocycles. The van der Waals surface area contributed by atoms with Crippen LogP contribution < -0.4 is 4.90 Å². The van der Waals surface area contributed by atoms with Gasteiger partial charge in [0.25, 0.3) is 11.8 Å². The van der Waals surface area contributed by atoms with E-state index >= 15 is 0 Å². The third-order valence-corrected chi connectivity index (χ3v) is 4.20. The van der Waals surface area contributed by atoms with Gasteiger partial charge in [-0.2, -0.15) is 0 Å². The fourth-order valence-electron chi connectivity index (χ4n) is 2.99. The van der Waals surface area contributed by atoms with Crippen LogP contribution in [0.25, 0.3) is 0 Å². The molecule has 0 unspecified atom stereocenters. The van der Waals surface area contributed by atoms with Crippen molar-refractivity contribution in [3.05, 3.63) is 64.2 Å². The summed E-state index contributed by atoms with van der Waals surface area (Å²) < 4.78 is 0. The van der Waals surface area contributed by atoms with Crippen molar-refractivity contribution in [2.24, 2.45) is 0 Å². The van der Waals surface area contributed by atoms with Crippen molar-refractivity contribution >= 4 is 17.5 Å². The van der Waals surface area contributed by atoms with E-state index in [2.05, 4.69) is 5.92 Å². The van der Waals surface area contributed by atoms with Crippen LogP contribution in [0, 0.1) is 12.3 Å². The second-order valence-corrected chi connectivity index (χ2v) is 6.20. The quantitative estimate of drug-likeness (QED) is 0.213. The van der Waals surface area contributed by atoms with Gasteiger partial charge >= 0.3 is 0 Å². The Morgan fingerprint density at radius 1 is 0.828 bits per heavy atom. The zero-order valence-corrected chi connectivity index (χ0v) is 16.3. The summed E-state index contributed by atoms with van der Waals surface area (Å²) in [5, 5.41) is 0. The Morgan fingerprint density at radius 3 is 1.97 bits per heavy atom. The largest absolute Gasteiger partial charge is 0.268 e. The van der Waals surface area contributed by atoms with E-state index in [1.165, 1.54) is 0 Å². The Bertz CT molecular complexity index is 934. The van der Waals surface area contributed by atoms with E-state index in [0.717, 1.165) is 4.90 Å². The number of amides is 2. The highest BCUT2D eigenvalue weighted by atomic mass is 17.2. The van der Waals surface area contributed by atoms with Gasteiger partial charge in [0.1, 0.15) is 13.2 Å². The van der Waals surface area contributed by atoms with E-state index in [1.54, 1.807) is 44.2 Å². The molecule has 0 atom stereocenters. The highest BCUT2D eigenvalue weighted by Crippen LogP contribution is 2.31. The Labute approximate surface area is 169 Å². The zero-order valence-electron chi connectivity index (χ0n) is 16.3. The zero-order chi connectivity index (χ0) is 20.8. The van der Waals surface area contributed by atoms with Crippen LogP contribution in [-0.4, -0.2) is 25.0 Å². The van der Waals surface area contributed by atoms with E-state index in [0.29, 0.717) is 41.2 Å². The number of nitrogens with zero attached hydrogens (tertiary/aromatic N) is 1. The third-order valence-electron chi connectivity index (χ3n) is 4.20. The molecule has 0 saturated carbocycles. The van der Waals surface area contributed by atoms with Crippen LogP contribution >= 0.6 is 0 Å². The van der Waals surface area contributed by atoms with Gasteiger partial charge in [0.2, 0.25) is 0 Å². The minimum Gasteiger partial charge on any atom is -0.268 e. The fourth-order valence-corrected chi connectivity index (χ4v) is 2.99. The molecule has 2 amide bonds. The number of hydrogen-bond acceptors (Lipinski definition) is 6. The molecule has 1 aliphatic rings. The maximum absolute atomic E-state index is 12.9. The van der Waals surface area contributed by atoms with E-state index < -0.39 is 11.8 Å². The average molecular weight is 395 g/mol. The fraction of sp³-hybridized carbons (Fsp3) is 0.273. The number of hydrogen-bond donors (Lipinski definition) is 0. The van der Waals surface area contributed by atoms with Crippen LogP contribution in [0.2, 0.25) is 0 Å². The predicted molar refractivity (Wildman–Crippen MR) is 105 cm³/mol. The molecule has 7 nitrogen and oxygen atoms in total. The molecule has 150 valence electrons. The maximum Gasteiger partial charge on any atom is 0.266 e. The lowest BCUT2D eigenvalue weighted by Crippen LogP contribution is -2.29. The number of carbonyl (C=O) groups excluding carboxylic acids is 2. The monoisotopic (exact) mass is 395 g/mol. The van der Waals surface area contributed by atoms with Gasteiger partial charge in [-0.05, 0) is 55.3 Å². The van der Waals surface area contributed by atoms with Gasteiger partial charge in [-0.25, -0.2) is 24.5 Å². The summed E-state index contributed by atoms with van der Waals surface area (Å²) in [5.74, 6) is 1.64. The highest BCUT2D eigenvalue weighted by molar-refractivity contribution is 6.34. The molecule has 3 rings (SSSR count). The van der Waals surface area contributed by atoms with Gasteiger partial charge in [-0.3, -0.25) is 9.59 Å². The third kappa shape index (κ3) is 4.53. The van der Waals surface area contributed by atoms with Crippen molar-refractivity contribution in [1.82, 2.24) is 0 Å². The topological polar surface area (TPSA) is 74.3 Å². The molecule has 0 aromatic heterocycles. The minimum atomic E-state index is -0.429. The van der Waals surface area contributed by atoms with E-state index in [-0.39, 0.29) is 18.8 Å². The summed E-state index contributed by atoms with van der Waals surface area (Å²) in [6.45, 7) is 4.70. The average Bonchev–Trinajstić information content (AvgIpc) is 2.98. The summed E-state index contributed by atoms with van der Waals surface area (Å²) in [4.78, 5) is 47.1. The Hall–Kier alpha value is -3.02. The number of rotatable bonds is 9. The molecular weight excluding hydrogens is 374 g/mol. The molecular formula is C22H21NO6. The molecule has 0 bridgehead atoms. The van der Waals surface area contributed by atoms with Crippen molar-refractivity contribution in [1.29, 1.82) is 0 Å².